The summed E-state index contributed by atoms with van der Waals surface area (Å²) in [5, 5.41) is 17.8. The van der Waals surface area contributed by atoms with Crippen molar-refractivity contribution in [3.05, 3.63) is 42.7 Å². The predicted molar refractivity (Wildman–Crippen MR) is 111 cm³/mol. The first-order valence-corrected chi connectivity index (χ1v) is 10.1. The monoisotopic (exact) mass is 378 g/mol. The molecule has 2 aliphatic rings. The highest BCUT2D eigenvalue weighted by Crippen LogP contribution is 2.30. The van der Waals surface area contributed by atoms with Gasteiger partial charge in [-0.1, -0.05) is 6.07 Å². The first-order valence-electron chi connectivity index (χ1n) is 10.1. The van der Waals surface area contributed by atoms with Crippen LogP contribution in [0.3, 0.4) is 0 Å². The topological polar surface area (TPSA) is 78.2 Å². The van der Waals surface area contributed by atoms with E-state index in [1.807, 2.05) is 6.07 Å². The van der Waals surface area contributed by atoms with Gasteiger partial charge in [-0.05, 0) is 43.5 Å². The largest absolute Gasteiger partial charge is 0.393 e. The number of piperazine rings is 1. The molecule has 3 aromatic rings. The number of aliphatic hydroxyl groups excluding tert-OH is 1. The number of hydrogen-bond donors (Lipinski definition) is 3. The Bertz CT molecular complexity index is 964. The summed E-state index contributed by atoms with van der Waals surface area (Å²) in [6.07, 6.45) is 6.22. The van der Waals surface area contributed by atoms with Crippen molar-refractivity contribution in [3.8, 4) is 5.82 Å². The van der Waals surface area contributed by atoms with Crippen molar-refractivity contribution in [2.45, 2.75) is 31.4 Å². The average molecular weight is 378 g/mol. The zero-order valence-corrected chi connectivity index (χ0v) is 15.9. The van der Waals surface area contributed by atoms with Gasteiger partial charge in [0, 0.05) is 55.7 Å². The first-order chi connectivity index (χ1) is 13.8. The molecule has 0 radical (unpaired) electrons. The Balaban J connectivity index is 1.45. The molecule has 1 saturated carbocycles. The molecule has 2 fully saturated rings. The van der Waals surface area contributed by atoms with Crippen LogP contribution in [0.25, 0.3) is 16.7 Å². The SMILES string of the molecule is O[C@@H]1CC[C@@H](Nc2nccc(-n3ccc4c(N5CCNCC5)cccc43)n2)C1. The van der Waals surface area contributed by atoms with E-state index in [1.165, 1.54) is 11.1 Å². The van der Waals surface area contributed by atoms with Crippen LogP contribution < -0.4 is 15.5 Å². The summed E-state index contributed by atoms with van der Waals surface area (Å²) < 4.78 is 2.12. The van der Waals surface area contributed by atoms with Crippen molar-refractivity contribution in [2.75, 3.05) is 36.4 Å². The third kappa shape index (κ3) is 3.31. The van der Waals surface area contributed by atoms with Gasteiger partial charge in [0.15, 0.2) is 0 Å². The normalized spacial score (nSPS) is 22.7. The maximum absolute atomic E-state index is 9.74. The number of nitrogens with one attached hydrogen (secondary N) is 2. The lowest BCUT2D eigenvalue weighted by Crippen LogP contribution is -2.43. The third-order valence-electron chi connectivity index (χ3n) is 5.79. The maximum atomic E-state index is 9.74. The Kier molecular flexibility index (Phi) is 4.62. The minimum atomic E-state index is -0.211. The first kappa shape index (κ1) is 17.5. The molecule has 7 heteroatoms. The fourth-order valence-electron chi connectivity index (χ4n) is 4.36. The Morgan fingerprint density at radius 1 is 1.11 bits per heavy atom. The van der Waals surface area contributed by atoms with Crippen molar-refractivity contribution in [1.82, 2.24) is 19.9 Å². The van der Waals surface area contributed by atoms with Gasteiger partial charge in [0.25, 0.3) is 0 Å². The summed E-state index contributed by atoms with van der Waals surface area (Å²) in [4.78, 5) is 11.6. The second-order valence-corrected chi connectivity index (χ2v) is 7.68. The molecular weight excluding hydrogens is 352 g/mol. The highest BCUT2D eigenvalue weighted by atomic mass is 16.3. The zero-order chi connectivity index (χ0) is 18.9. The molecule has 0 bridgehead atoms. The van der Waals surface area contributed by atoms with Crippen molar-refractivity contribution in [1.29, 1.82) is 0 Å². The summed E-state index contributed by atoms with van der Waals surface area (Å²) in [5.41, 5.74) is 2.43. The second-order valence-electron chi connectivity index (χ2n) is 7.68. The number of rotatable bonds is 4. The van der Waals surface area contributed by atoms with E-state index in [0.29, 0.717) is 5.95 Å². The van der Waals surface area contributed by atoms with E-state index < -0.39 is 0 Å². The molecule has 0 spiro atoms. The molecule has 28 heavy (non-hydrogen) atoms. The van der Waals surface area contributed by atoms with Crippen LogP contribution in [0.5, 0.6) is 0 Å². The van der Waals surface area contributed by atoms with E-state index in [0.717, 1.165) is 56.8 Å². The molecule has 2 atom stereocenters. The van der Waals surface area contributed by atoms with Crippen molar-refractivity contribution in [3.63, 3.8) is 0 Å². The summed E-state index contributed by atoms with van der Waals surface area (Å²) in [7, 11) is 0. The standard InChI is InChI=1S/C21H26N6O/c28-16-5-4-15(14-16)24-21-23-8-6-20(25-21)27-11-7-17-18(2-1-3-19(17)27)26-12-9-22-10-13-26/h1-3,6-8,11,15-16,22,28H,4-5,9-10,12-14H2,(H,23,24,25)/t15-,16-/m1/s1. The number of aliphatic hydroxyl groups is 1. The lowest BCUT2D eigenvalue weighted by atomic mass is 10.2. The quantitative estimate of drug-likeness (QED) is 0.646. The van der Waals surface area contributed by atoms with Gasteiger partial charge in [-0.15, -0.1) is 0 Å². The van der Waals surface area contributed by atoms with E-state index in [-0.39, 0.29) is 12.1 Å². The number of benzene rings is 1. The van der Waals surface area contributed by atoms with E-state index in [2.05, 4.69) is 55.5 Å². The molecular formula is C21H26N6O. The molecule has 2 aromatic heterocycles. The lowest BCUT2D eigenvalue weighted by Gasteiger charge is -2.30. The van der Waals surface area contributed by atoms with Crippen LogP contribution >= 0.6 is 0 Å². The average Bonchev–Trinajstić information content (AvgIpc) is 3.35. The fraction of sp³-hybridized carbons (Fsp3) is 0.429. The zero-order valence-electron chi connectivity index (χ0n) is 15.9. The number of fused-ring (bicyclic) bond motifs is 1. The lowest BCUT2D eigenvalue weighted by molar-refractivity contribution is 0.182. The van der Waals surface area contributed by atoms with Crippen molar-refractivity contribution in [2.24, 2.45) is 0 Å². The van der Waals surface area contributed by atoms with E-state index >= 15 is 0 Å². The summed E-state index contributed by atoms with van der Waals surface area (Å²) in [5.74, 6) is 1.47. The van der Waals surface area contributed by atoms with Gasteiger partial charge in [0.1, 0.15) is 5.82 Å². The minimum Gasteiger partial charge on any atom is -0.393 e. The molecule has 1 aliphatic heterocycles. The predicted octanol–water partition coefficient (Wildman–Crippen LogP) is 2.16. The van der Waals surface area contributed by atoms with Crippen LogP contribution in [0, 0.1) is 0 Å². The summed E-state index contributed by atoms with van der Waals surface area (Å²) in [6.45, 7) is 4.10. The highest BCUT2D eigenvalue weighted by molar-refractivity contribution is 5.94. The van der Waals surface area contributed by atoms with Gasteiger partial charge in [-0.3, -0.25) is 0 Å². The van der Waals surface area contributed by atoms with Crippen LogP contribution in [-0.4, -0.2) is 58.0 Å². The second kappa shape index (κ2) is 7.41. The molecule has 7 nitrogen and oxygen atoms in total. The number of hydrogen-bond acceptors (Lipinski definition) is 6. The molecule has 3 N–H and O–H groups in total. The van der Waals surface area contributed by atoms with Gasteiger partial charge < -0.3 is 25.2 Å². The number of anilines is 2. The van der Waals surface area contributed by atoms with Crippen LogP contribution in [0.15, 0.2) is 42.7 Å². The smallest absolute Gasteiger partial charge is 0.224 e. The molecule has 3 heterocycles. The number of nitrogens with zero attached hydrogens (tertiary/aromatic N) is 4. The van der Waals surface area contributed by atoms with Crippen LogP contribution in [0.4, 0.5) is 11.6 Å². The van der Waals surface area contributed by atoms with Crippen LogP contribution in [0.1, 0.15) is 19.3 Å². The molecule has 146 valence electrons. The Labute approximate surface area is 164 Å². The third-order valence-corrected chi connectivity index (χ3v) is 5.79. The summed E-state index contributed by atoms with van der Waals surface area (Å²) >= 11 is 0. The molecule has 1 saturated heterocycles. The Morgan fingerprint density at radius 2 is 2.00 bits per heavy atom. The molecule has 5 rings (SSSR count). The van der Waals surface area contributed by atoms with Gasteiger partial charge in [0.05, 0.1) is 11.6 Å². The van der Waals surface area contributed by atoms with Gasteiger partial charge in [0.2, 0.25) is 5.95 Å². The molecule has 0 unspecified atom stereocenters. The van der Waals surface area contributed by atoms with Crippen LogP contribution in [0.2, 0.25) is 0 Å². The number of aromatic nitrogens is 3. The minimum absolute atomic E-state index is 0.211. The Morgan fingerprint density at radius 3 is 2.82 bits per heavy atom. The molecule has 1 aliphatic carbocycles. The fourth-order valence-corrected chi connectivity index (χ4v) is 4.36. The summed E-state index contributed by atoms with van der Waals surface area (Å²) in [6, 6.07) is 10.8. The van der Waals surface area contributed by atoms with Crippen LogP contribution in [-0.2, 0) is 0 Å². The maximum Gasteiger partial charge on any atom is 0.224 e. The Hall–Kier alpha value is -2.64. The highest BCUT2D eigenvalue weighted by Gasteiger charge is 2.23. The van der Waals surface area contributed by atoms with Gasteiger partial charge in [-0.25, -0.2) is 4.98 Å². The molecule has 0 amide bonds. The van der Waals surface area contributed by atoms with Gasteiger partial charge >= 0.3 is 0 Å². The van der Waals surface area contributed by atoms with Gasteiger partial charge in [-0.2, -0.15) is 4.98 Å². The van der Waals surface area contributed by atoms with Crippen molar-refractivity contribution < 1.29 is 5.11 Å². The van der Waals surface area contributed by atoms with E-state index in [1.54, 1.807) is 6.20 Å². The molecule has 1 aromatic carbocycles. The van der Waals surface area contributed by atoms with E-state index in [9.17, 15) is 5.11 Å². The van der Waals surface area contributed by atoms with E-state index in [4.69, 9.17) is 4.98 Å². The van der Waals surface area contributed by atoms with Crippen molar-refractivity contribution >= 4 is 22.5 Å².